The third kappa shape index (κ3) is 13.2. The van der Waals surface area contributed by atoms with Crippen molar-refractivity contribution >= 4 is 20.2 Å². The second kappa shape index (κ2) is 16.6. The van der Waals surface area contributed by atoms with E-state index >= 15 is 0 Å². The standard InChI is InChI=1S/C19H32O6S2.2Na/c1-2-3-4-5-6-7-8-9-10-11-15-18(26(20,21)22)17-14-12-13-16-19(17)27(23,24)25;;/h12-14,16,18H,2-11,15H2,1H3,(H,20,21,22)(H,23,24,25);;/q;2*+1/p-2. The maximum atomic E-state index is 11.7. The summed E-state index contributed by atoms with van der Waals surface area (Å²) >= 11 is 0. The van der Waals surface area contributed by atoms with E-state index in [-0.39, 0.29) is 71.1 Å². The van der Waals surface area contributed by atoms with E-state index < -0.39 is 30.4 Å². The van der Waals surface area contributed by atoms with Gasteiger partial charge in [0.2, 0.25) is 0 Å². The van der Waals surface area contributed by atoms with Gasteiger partial charge < -0.3 is 9.11 Å². The number of rotatable bonds is 14. The molecule has 10 heteroatoms. The van der Waals surface area contributed by atoms with Crippen molar-refractivity contribution in [3.05, 3.63) is 29.8 Å². The van der Waals surface area contributed by atoms with Crippen LogP contribution in [0, 0.1) is 0 Å². The van der Waals surface area contributed by atoms with Crippen molar-refractivity contribution in [3.63, 3.8) is 0 Å². The van der Waals surface area contributed by atoms with Gasteiger partial charge in [0.05, 0.1) is 10.1 Å². The Morgan fingerprint density at radius 1 is 0.759 bits per heavy atom. The fourth-order valence-electron chi connectivity index (χ4n) is 3.25. The van der Waals surface area contributed by atoms with Gasteiger partial charge in [-0.25, -0.2) is 16.8 Å². The van der Waals surface area contributed by atoms with Crippen LogP contribution < -0.4 is 59.1 Å². The Labute approximate surface area is 220 Å². The Balaban J connectivity index is 0. The predicted octanol–water partition coefficient (Wildman–Crippen LogP) is -1.50. The minimum Gasteiger partial charge on any atom is -0.747 e. The van der Waals surface area contributed by atoms with E-state index in [1.165, 1.54) is 50.3 Å². The smallest absolute Gasteiger partial charge is 0.747 e. The summed E-state index contributed by atoms with van der Waals surface area (Å²) in [5, 5.41) is -1.51. The van der Waals surface area contributed by atoms with Crippen LogP contribution >= 0.6 is 0 Å². The SMILES string of the molecule is CCCCCCCCCCCCC(c1ccccc1S(=O)(=O)[O-])S(=O)(=O)[O-].[Na+].[Na+]. The summed E-state index contributed by atoms with van der Waals surface area (Å²) in [6.45, 7) is 2.18. The molecular formula is C19H30Na2O6S2. The Bertz CT molecular complexity index is 767. The fourth-order valence-corrected chi connectivity index (χ4v) is 5.04. The third-order valence-corrected chi connectivity index (χ3v) is 6.80. The molecule has 1 aromatic rings. The van der Waals surface area contributed by atoms with Gasteiger partial charge in [-0.05, 0) is 18.1 Å². The van der Waals surface area contributed by atoms with Crippen molar-refractivity contribution < 1.29 is 85.1 Å². The number of unbranched alkanes of at least 4 members (excludes halogenated alkanes) is 9. The average molecular weight is 465 g/mol. The molecule has 1 unspecified atom stereocenters. The van der Waals surface area contributed by atoms with Gasteiger partial charge in [-0.1, -0.05) is 89.3 Å². The largest absolute Gasteiger partial charge is 1.00 e. The van der Waals surface area contributed by atoms with Gasteiger partial charge in [-0.3, -0.25) is 0 Å². The summed E-state index contributed by atoms with van der Waals surface area (Å²) in [4.78, 5) is -0.624. The maximum absolute atomic E-state index is 11.7. The molecule has 156 valence electrons. The van der Waals surface area contributed by atoms with Gasteiger partial charge in [0.15, 0.2) is 0 Å². The molecule has 6 nitrogen and oxygen atoms in total. The average Bonchev–Trinajstić information content (AvgIpc) is 2.58. The monoisotopic (exact) mass is 464 g/mol. The quantitative estimate of drug-likeness (QED) is 0.188. The Kier molecular flexibility index (Phi) is 18.5. The molecule has 0 spiro atoms. The van der Waals surface area contributed by atoms with E-state index in [1.807, 2.05) is 0 Å². The molecule has 0 N–H and O–H groups in total. The van der Waals surface area contributed by atoms with Crippen LogP contribution in [-0.2, 0) is 20.2 Å². The Hall–Kier alpha value is 1.04. The summed E-state index contributed by atoms with van der Waals surface area (Å²) < 4.78 is 69.1. The number of benzene rings is 1. The van der Waals surface area contributed by atoms with E-state index in [2.05, 4.69) is 6.92 Å². The van der Waals surface area contributed by atoms with Crippen LogP contribution in [0.25, 0.3) is 0 Å². The third-order valence-electron chi connectivity index (χ3n) is 4.70. The van der Waals surface area contributed by atoms with E-state index in [9.17, 15) is 25.9 Å². The van der Waals surface area contributed by atoms with Crippen LogP contribution in [0.3, 0.4) is 0 Å². The molecule has 0 radical (unpaired) electrons. The van der Waals surface area contributed by atoms with Gasteiger partial charge in [0.1, 0.15) is 20.2 Å². The van der Waals surface area contributed by atoms with Gasteiger partial charge in [-0.15, -0.1) is 0 Å². The van der Waals surface area contributed by atoms with Crippen molar-refractivity contribution in [2.24, 2.45) is 0 Å². The molecule has 0 aliphatic carbocycles. The van der Waals surface area contributed by atoms with E-state index in [4.69, 9.17) is 0 Å². The van der Waals surface area contributed by atoms with Crippen molar-refractivity contribution in [2.75, 3.05) is 0 Å². The van der Waals surface area contributed by atoms with Gasteiger partial charge in [-0.2, -0.15) is 0 Å². The summed E-state index contributed by atoms with van der Waals surface area (Å²) in [7, 11) is -9.61. The zero-order valence-corrected chi connectivity index (χ0v) is 23.6. The van der Waals surface area contributed by atoms with Crippen molar-refractivity contribution in [1.82, 2.24) is 0 Å². The summed E-state index contributed by atoms with van der Waals surface area (Å²) in [6, 6.07) is 5.06. The van der Waals surface area contributed by atoms with Crippen LogP contribution in [-0.4, -0.2) is 25.9 Å². The van der Waals surface area contributed by atoms with Crippen molar-refractivity contribution in [1.29, 1.82) is 0 Å². The van der Waals surface area contributed by atoms with Gasteiger partial charge >= 0.3 is 59.1 Å². The first kappa shape index (κ1) is 32.2. The molecule has 0 saturated carbocycles. The van der Waals surface area contributed by atoms with Gasteiger partial charge in [0, 0.05) is 0 Å². The second-order valence-corrected chi connectivity index (χ2v) is 9.85. The normalized spacial score (nSPS) is 12.7. The van der Waals surface area contributed by atoms with Crippen LogP contribution in [0.2, 0.25) is 0 Å². The van der Waals surface area contributed by atoms with E-state index in [0.29, 0.717) is 6.42 Å². The van der Waals surface area contributed by atoms with Crippen LogP contribution in [0.4, 0.5) is 0 Å². The molecule has 0 aliphatic rings. The first-order valence-corrected chi connectivity index (χ1v) is 12.6. The summed E-state index contributed by atoms with van der Waals surface area (Å²) in [6.07, 6.45) is 10.6. The van der Waals surface area contributed by atoms with Gasteiger partial charge in [0.25, 0.3) is 0 Å². The van der Waals surface area contributed by atoms with E-state index in [0.717, 1.165) is 31.7 Å². The molecule has 0 fully saturated rings. The molecule has 29 heavy (non-hydrogen) atoms. The molecule has 1 aromatic carbocycles. The molecule has 0 amide bonds. The number of hydrogen-bond donors (Lipinski definition) is 0. The summed E-state index contributed by atoms with van der Waals surface area (Å²) in [5.74, 6) is 0. The number of hydrogen-bond acceptors (Lipinski definition) is 6. The molecule has 0 bridgehead atoms. The minimum absolute atomic E-state index is 0. The first-order valence-electron chi connectivity index (χ1n) is 9.67. The van der Waals surface area contributed by atoms with E-state index in [1.54, 1.807) is 0 Å². The molecule has 0 aromatic heterocycles. The topological polar surface area (TPSA) is 114 Å². The first-order chi connectivity index (χ1) is 12.7. The fraction of sp³-hybridized carbons (Fsp3) is 0.684. The molecule has 0 heterocycles. The molecule has 1 atom stereocenters. The Morgan fingerprint density at radius 2 is 1.21 bits per heavy atom. The Morgan fingerprint density at radius 3 is 1.66 bits per heavy atom. The van der Waals surface area contributed by atoms with Crippen LogP contribution in [0.1, 0.15) is 88.4 Å². The molecule has 0 saturated heterocycles. The van der Waals surface area contributed by atoms with Crippen LogP contribution in [0.5, 0.6) is 0 Å². The minimum atomic E-state index is -4.84. The molecule has 0 aliphatic heterocycles. The zero-order valence-electron chi connectivity index (χ0n) is 17.9. The zero-order chi connectivity index (χ0) is 20.3. The van der Waals surface area contributed by atoms with Crippen molar-refractivity contribution in [2.45, 2.75) is 87.7 Å². The van der Waals surface area contributed by atoms with Crippen LogP contribution in [0.15, 0.2) is 29.2 Å². The molecule has 1 rings (SSSR count). The molecular weight excluding hydrogens is 434 g/mol. The van der Waals surface area contributed by atoms with Crippen molar-refractivity contribution in [3.8, 4) is 0 Å². The summed E-state index contributed by atoms with van der Waals surface area (Å²) in [5.41, 5.74) is -0.210. The second-order valence-electron chi connectivity index (χ2n) is 6.94. The predicted molar refractivity (Wildman–Crippen MR) is 103 cm³/mol. The maximum Gasteiger partial charge on any atom is 1.00 e.